The second-order valence-electron chi connectivity index (χ2n) is 5.81. The van der Waals surface area contributed by atoms with Crippen LogP contribution >= 0.6 is 15.9 Å². The molecule has 2 aliphatic carbocycles. The highest BCUT2D eigenvalue weighted by Crippen LogP contribution is 2.71. The van der Waals surface area contributed by atoms with Crippen molar-refractivity contribution in [3.8, 4) is 0 Å². The summed E-state index contributed by atoms with van der Waals surface area (Å²) in [5.74, 6) is 0.205. The van der Waals surface area contributed by atoms with E-state index in [1.54, 1.807) is 6.92 Å². The zero-order valence-corrected chi connectivity index (χ0v) is 10.4. The third-order valence-corrected chi connectivity index (χ3v) is 6.20. The molecule has 4 rings (SSSR count). The Morgan fingerprint density at radius 3 is 2.73 bits per heavy atom. The molecule has 0 aromatic carbocycles. The molecule has 4 heteroatoms. The van der Waals surface area contributed by atoms with Gasteiger partial charge in [0.1, 0.15) is 0 Å². The van der Waals surface area contributed by atoms with Gasteiger partial charge in [-0.3, -0.25) is 0 Å². The van der Waals surface area contributed by atoms with E-state index >= 15 is 0 Å². The van der Waals surface area contributed by atoms with Crippen LogP contribution in [0.4, 0.5) is 0 Å². The third kappa shape index (κ3) is 0.832. The van der Waals surface area contributed by atoms with E-state index in [0.29, 0.717) is 28.7 Å². The lowest BCUT2D eigenvalue weighted by Gasteiger charge is -2.35. The van der Waals surface area contributed by atoms with E-state index in [9.17, 15) is 5.11 Å². The first-order chi connectivity index (χ1) is 6.94. The first-order valence-electron chi connectivity index (χ1n) is 5.68. The first kappa shape index (κ1) is 9.40. The quantitative estimate of drug-likeness (QED) is 0.681. The molecule has 0 unspecified atom stereocenters. The van der Waals surface area contributed by atoms with Crippen molar-refractivity contribution in [2.75, 3.05) is 0 Å². The van der Waals surface area contributed by atoms with Gasteiger partial charge in [-0.25, -0.2) is 0 Å². The van der Waals surface area contributed by atoms with E-state index in [1.807, 2.05) is 6.92 Å². The van der Waals surface area contributed by atoms with Crippen molar-refractivity contribution in [3.63, 3.8) is 0 Å². The van der Waals surface area contributed by atoms with Gasteiger partial charge in [-0.1, -0.05) is 15.9 Å². The Bertz CT molecular complexity index is 345. The van der Waals surface area contributed by atoms with Crippen molar-refractivity contribution < 1.29 is 14.6 Å². The summed E-state index contributed by atoms with van der Waals surface area (Å²) in [7, 11) is 0. The van der Waals surface area contributed by atoms with Gasteiger partial charge in [-0.05, 0) is 32.1 Å². The smallest absolute Gasteiger partial charge is 0.172 e. The lowest BCUT2D eigenvalue weighted by atomic mass is 9.75. The Morgan fingerprint density at radius 2 is 2.00 bits per heavy atom. The van der Waals surface area contributed by atoms with Gasteiger partial charge in [0, 0.05) is 16.7 Å². The molecule has 4 fully saturated rings. The van der Waals surface area contributed by atoms with Crippen molar-refractivity contribution in [1.82, 2.24) is 0 Å². The predicted octanol–water partition coefficient (Wildman–Crippen LogP) is 1.49. The monoisotopic (exact) mass is 274 g/mol. The summed E-state index contributed by atoms with van der Waals surface area (Å²) in [6, 6.07) is 0. The third-order valence-electron chi connectivity index (χ3n) is 5.00. The van der Waals surface area contributed by atoms with Gasteiger partial charge >= 0.3 is 0 Å². The Morgan fingerprint density at radius 1 is 1.27 bits per heavy atom. The molecule has 0 radical (unpaired) electrons. The normalized spacial score (nSPS) is 74.4. The maximum Gasteiger partial charge on any atom is 0.172 e. The van der Waals surface area contributed by atoms with Gasteiger partial charge in [0.05, 0.1) is 6.10 Å². The zero-order valence-electron chi connectivity index (χ0n) is 8.81. The van der Waals surface area contributed by atoms with Crippen molar-refractivity contribution >= 4 is 15.9 Å². The van der Waals surface area contributed by atoms with Crippen LogP contribution in [0.3, 0.4) is 0 Å². The SMILES string of the molecule is C[C@@]12O[C@@H]3[C@@H](Br)[C@H]4C[C@@H]3[C@@H]1[C@H]4[C@@](C)(O)O2. The van der Waals surface area contributed by atoms with Crippen molar-refractivity contribution in [2.45, 2.75) is 42.8 Å². The first-order valence-corrected chi connectivity index (χ1v) is 6.60. The molecule has 84 valence electrons. The summed E-state index contributed by atoms with van der Waals surface area (Å²) < 4.78 is 11.8. The molecule has 0 aromatic rings. The standard InChI is InChI=1S/C11H15BrO3/c1-10(13)6-4-3-5-7(6)11(2,15-10)14-9(5)8(4)12/h4-9,13H,3H2,1-2H3/t4-,5+,6-,7+,8-,9-,10-,11-/m0/s1. The van der Waals surface area contributed by atoms with Crippen LogP contribution in [0, 0.1) is 23.7 Å². The molecular formula is C11H15BrO3. The second-order valence-corrected chi connectivity index (χ2v) is 6.87. The van der Waals surface area contributed by atoms with Crippen molar-refractivity contribution in [1.29, 1.82) is 0 Å². The van der Waals surface area contributed by atoms with E-state index in [0.717, 1.165) is 0 Å². The molecule has 2 heterocycles. The molecular weight excluding hydrogens is 260 g/mol. The summed E-state index contributed by atoms with van der Waals surface area (Å²) in [5, 5.41) is 10.3. The molecule has 8 atom stereocenters. The highest BCUT2D eigenvalue weighted by atomic mass is 79.9. The maximum absolute atomic E-state index is 10.3. The second kappa shape index (κ2) is 2.30. The van der Waals surface area contributed by atoms with Crippen LogP contribution in [0.15, 0.2) is 0 Å². The molecule has 15 heavy (non-hydrogen) atoms. The van der Waals surface area contributed by atoms with Crippen molar-refractivity contribution in [2.24, 2.45) is 23.7 Å². The molecule has 4 aliphatic rings. The molecule has 2 saturated heterocycles. The van der Waals surface area contributed by atoms with E-state index in [1.165, 1.54) is 6.42 Å². The zero-order chi connectivity index (χ0) is 10.6. The van der Waals surface area contributed by atoms with E-state index in [2.05, 4.69) is 15.9 Å². The van der Waals surface area contributed by atoms with Gasteiger partial charge in [-0.15, -0.1) is 0 Å². The molecule has 2 aliphatic heterocycles. The fraction of sp³-hybridized carbons (Fsp3) is 1.00. The topological polar surface area (TPSA) is 38.7 Å². The molecule has 1 N–H and O–H groups in total. The highest BCUT2D eigenvalue weighted by Gasteiger charge is 2.77. The number of hydrogen-bond acceptors (Lipinski definition) is 3. The van der Waals surface area contributed by atoms with Crippen LogP contribution in [0.5, 0.6) is 0 Å². The maximum atomic E-state index is 10.3. The van der Waals surface area contributed by atoms with Gasteiger partial charge in [-0.2, -0.15) is 0 Å². The Balaban J connectivity index is 1.90. The molecule has 0 spiro atoms. The molecule has 2 saturated carbocycles. The fourth-order valence-corrected chi connectivity index (χ4v) is 5.85. The van der Waals surface area contributed by atoms with Crippen LogP contribution in [-0.2, 0) is 9.47 Å². The number of aliphatic hydroxyl groups is 1. The average molecular weight is 275 g/mol. The summed E-state index contributed by atoms with van der Waals surface area (Å²) >= 11 is 3.73. The van der Waals surface area contributed by atoms with Crippen LogP contribution in [0.1, 0.15) is 20.3 Å². The minimum atomic E-state index is -1.00. The predicted molar refractivity (Wildman–Crippen MR) is 56.3 cm³/mol. The number of ether oxygens (including phenoxy) is 2. The van der Waals surface area contributed by atoms with Gasteiger partial charge in [0.15, 0.2) is 11.6 Å². The van der Waals surface area contributed by atoms with Crippen molar-refractivity contribution in [3.05, 3.63) is 0 Å². The largest absolute Gasteiger partial charge is 0.365 e. The Kier molecular flexibility index (Phi) is 1.44. The number of rotatable bonds is 0. The fourth-order valence-electron chi connectivity index (χ4n) is 4.80. The highest BCUT2D eigenvalue weighted by molar-refractivity contribution is 9.09. The summed E-state index contributed by atoms with van der Waals surface area (Å²) in [6.45, 7) is 3.78. The Labute approximate surface area is 97.3 Å². The van der Waals surface area contributed by atoms with Gasteiger partial charge in [0.25, 0.3) is 0 Å². The lowest BCUT2D eigenvalue weighted by Crippen LogP contribution is -2.44. The molecule has 0 aromatic heterocycles. The number of fused-ring (bicyclic) bond motifs is 2. The average Bonchev–Trinajstić information content (AvgIpc) is 2.70. The van der Waals surface area contributed by atoms with E-state index in [-0.39, 0.29) is 5.92 Å². The van der Waals surface area contributed by atoms with E-state index in [4.69, 9.17) is 9.47 Å². The number of hydrogen-bond donors (Lipinski definition) is 1. The van der Waals surface area contributed by atoms with Gasteiger partial charge < -0.3 is 14.6 Å². The van der Waals surface area contributed by atoms with Crippen LogP contribution in [0.25, 0.3) is 0 Å². The van der Waals surface area contributed by atoms with E-state index < -0.39 is 11.6 Å². The summed E-state index contributed by atoms with van der Waals surface area (Å²) in [6.07, 6.45) is 1.49. The minimum absolute atomic E-state index is 0.246. The number of alkyl halides is 1. The van der Waals surface area contributed by atoms with Crippen LogP contribution in [-0.4, -0.2) is 27.6 Å². The molecule has 0 amide bonds. The summed E-state index contributed by atoms with van der Waals surface area (Å²) in [5.41, 5.74) is 0. The van der Waals surface area contributed by atoms with Crippen LogP contribution in [0.2, 0.25) is 0 Å². The molecule has 2 bridgehead atoms. The number of halogens is 1. The Hall–Kier alpha value is 0.360. The van der Waals surface area contributed by atoms with Crippen LogP contribution < -0.4 is 0 Å². The lowest BCUT2D eigenvalue weighted by molar-refractivity contribution is -0.307. The minimum Gasteiger partial charge on any atom is -0.365 e. The summed E-state index contributed by atoms with van der Waals surface area (Å²) in [4.78, 5) is 0.404. The van der Waals surface area contributed by atoms with Gasteiger partial charge in [0.2, 0.25) is 0 Å². The molecule has 3 nitrogen and oxygen atoms in total.